The van der Waals surface area contributed by atoms with Gasteiger partial charge in [-0.3, -0.25) is 9.78 Å². The molecule has 138 valence electrons. The van der Waals surface area contributed by atoms with Gasteiger partial charge in [0.25, 0.3) is 5.91 Å². The van der Waals surface area contributed by atoms with Crippen molar-refractivity contribution in [3.8, 4) is 11.5 Å². The van der Waals surface area contributed by atoms with Gasteiger partial charge in [-0.2, -0.15) is 0 Å². The summed E-state index contributed by atoms with van der Waals surface area (Å²) in [5.41, 5.74) is 1.56. The molecule has 2 aromatic rings. The van der Waals surface area contributed by atoms with Crippen LogP contribution in [0.2, 0.25) is 0 Å². The number of hydrogen-bond acceptors (Lipinski definition) is 5. The number of nitrogens with zero attached hydrogens (tertiary/aromatic N) is 1. The van der Waals surface area contributed by atoms with E-state index < -0.39 is 0 Å². The number of piperidine rings is 1. The summed E-state index contributed by atoms with van der Waals surface area (Å²) in [4.78, 5) is 16.6. The first-order valence-electron chi connectivity index (χ1n) is 9.06. The molecule has 0 spiro atoms. The van der Waals surface area contributed by atoms with Crippen LogP contribution in [0.3, 0.4) is 0 Å². The van der Waals surface area contributed by atoms with E-state index in [9.17, 15) is 4.79 Å². The summed E-state index contributed by atoms with van der Waals surface area (Å²) in [5.74, 6) is 1.13. The smallest absolute Gasteiger partial charge is 0.251 e. The molecular formula is C20H25N3O3. The summed E-state index contributed by atoms with van der Waals surface area (Å²) in [6, 6.07) is 9.36. The van der Waals surface area contributed by atoms with Crippen molar-refractivity contribution in [1.29, 1.82) is 0 Å². The minimum Gasteiger partial charge on any atom is -0.490 e. The molecule has 6 nitrogen and oxygen atoms in total. The first-order chi connectivity index (χ1) is 12.8. The second kappa shape index (κ2) is 9.20. The maximum absolute atomic E-state index is 12.5. The molecule has 1 aromatic heterocycles. The van der Waals surface area contributed by atoms with E-state index in [2.05, 4.69) is 15.6 Å². The average molecular weight is 355 g/mol. The molecule has 0 aliphatic carbocycles. The highest BCUT2D eigenvalue weighted by Gasteiger charge is 2.18. The van der Waals surface area contributed by atoms with Crippen LogP contribution < -0.4 is 20.1 Å². The number of amides is 1. The van der Waals surface area contributed by atoms with E-state index in [-0.39, 0.29) is 11.9 Å². The van der Waals surface area contributed by atoms with Gasteiger partial charge in [-0.05, 0) is 57.1 Å². The molecule has 1 saturated heterocycles. The highest BCUT2D eigenvalue weighted by atomic mass is 16.5. The monoisotopic (exact) mass is 355 g/mol. The predicted octanol–water partition coefficient (Wildman–Crippen LogP) is 2.54. The molecule has 0 saturated carbocycles. The summed E-state index contributed by atoms with van der Waals surface area (Å²) in [7, 11) is 0. The van der Waals surface area contributed by atoms with Crippen LogP contribution in [0.4, 0.5) is 0 Å². The molecule has 0 atom stereocenters. The van der Waals surface area contributed by atoms with Gasteiger partial charge in [-0.25, -0.2) is 0 Å². The Morgan fingerprint density at radius 3 is 2.81 bits per heavy atom. The Hall–Kier alpha value is -2.60. The molecule has 1 fully saturated rings. The lowest BCUT2D eigenvalue weighted by molar-refractivity contribution is 0.0929. The SMILES string of the molecule is CCOc1cc(C(=O)NC2CCNCC2)ccc1OCc1cccnc1. The number of hydrogen-bond donors (Lipinski definition) is 2. The van der Waals surface area contributed by atoms with Crippen LogP contribution in [0.1, 0.15) is 35.7 Å². The normalized spacial score (nSPS) is 14.7. The third-order valence-electron chi connectivity index (χ3n) is 4.30. The molecule has 2 heterocycles. The van der Waals surface area contributed by atoms with Crippen molar-refractivity contribution in [1.82, 2.24) is 15.6 Å². The Kier molecular flexibility index (Phi) is 6.44. The van der Waals surface area contributed by atoms with Crippen molar-refractivity contribution in [2.75, 3.05) is 19.7 Å². The third-order valence-corrected chi connectivity index (χ3v) is 4.30. The number of carbonyl (C=O) groups is 1. The average Bonchev–Trinajstić information content (AvgIpc) is 2.69. The van der Waals surface area contributed by atoms with Gasteiger partial charge in [-0.15, -0.1) is 0 Å². The zero-order valence-corrected chi connectivity index (χ0v) is 15.0. The molecule has 26 heavy (non-hydrogen) atoms. The topological polar surface area (TPSA) is 72.5 Å². The van der Waals surface area contributed by atoms with Crippen LogP contribution in [0.5, 0.6) is 11.5 Å². The Morgan fingerprint density at radius 2 is 2.08 bits per heavy atom. The Bertz CT molecular complexity index is 715. The van der Waals surface area contributed by atoms with Crippen molar-refractivity contribution in [2.45, 2.75) is 32.4 Å². The number of benzene rings is 1. The minimum atomic E-state index is -0.0725. The minimum absolute atomic E-state index is 0.0725. The lowest BCUT2D eigenvalue weighted by atomic mass is 10.1. The highest BCUT2D eigenvalue weighted by Crippen LogP contribution is 2.29. The van der Waals surface area contributed by atoms with E-state index in [0.29, 0.717) is 30.3 Å². The maximum atomic E-state index is 12.5. The lowest BCUT2D eigenvalue weighted by Crippen LogP contribution is -2.42. The number of aromatic nitrogens is 1. The number of carbonyl (C=O) groups excluding carboxylic acids is 1. The summed E-state index contributed by atoms with van der Waals surface area (Å²) in [6.07, 6.45) is 5.40. The van der Waals surface area contributed by atoms with Gasteiger partial charge < -0.3 is 20.1 Å². The second-order valence-corrected chi connectivity index (χ2v) is 6.24. The van der Waals surface area contributed by atoms with Crippen molar-refractivity contribution in [2.24, 2.45) is 0 Å². The lowest BCUT2D eigenvalue weighted by Gasteiger charge is -2.23. The number of rotatable bonds is 7. The van der Waals surface area contributed by atoms with Crippen LogP contribution in [0.25, 0.3) is 0 Å². The van der Waals surface area contributed by atoms with Crippen LogP contribution in [-0.2, 0) is 6.61 Å². The van der Waals surface area contributed by atoms with Gasteiger partial charge in [0.05, 0.1) is 6.61 Å². The highest BCUT2D eigenvalue weighted by molar-refractivity contribution is 5.95. The van der Waals surface area contributed by atoms with Crippen molar-refractivity contribution in [3.63, 3.8) is 0 Å². The van der Waals surface area contributed by atoms with Gasteiger partial charge >= 0.3 is 0 Å². The summed E-state index contributed by atoms with van der Waals surface area (Å²) in [6.45, 7) is 4.69. The van der Waals surface area contributed by atoms with E-state index in [4.69, 9.17) is 9.47 Å². The maximum Gasteiger partial charge on any atom is 0.251 e. The fourth-order valence-electron chi connectivity index (χ4n) is 2.92. The van der Waals surface area contributed by atoms with Crippen molar-refractivity contribution < 1.29 is 14.3 Å². The fourth-order valence-corrected chi connectivity index (χ4v) is 2.92. The molecule has 3 rings (SSSR count). The molecule has 6 heteroatoms. The van der Waals surface area contributed by atoms with Gasteiger partial charge in [0.1, 0.15) is 6.61 Å². The molecule has 1 aliphatic rings. The van der Waals surface area contributed by atoms with Gasteiger partial charge in [0.15, 0.2) is 11.5 Å². The van der Waals surface area contributed by atoms with Crippen LogP contribution >= 0.6 is 0 Å². The summed E-state index contributed by atoms with van der Waals surface area (Å²) in [5, 5.41) is 6.39. The number of pyridine rings is 1. The van der Waals surface area contributed by atoms with Gasteiger partial charge in [-0.1, -0.05) is 6.07 Å². The molecular weight excluding hydrogens is 330 g/mol. The van der Waals surface area contributed by atoms with E-state index in [0.717, 1.165) is 31.5 Å². The van der Waals surface area contributed by atoms with Crippen molar-refractivity contribution >= 4 is 5.91 Å². The Balaban J connectivity index is 1.67. The van der Waals surface area contributed by atoms with E-state index in [1.807, 2.05) is 19.1 Å². The second-order valence-electron chi connectivity index (χ2n) is 6.24. The zero-order chi connectivity index (χ0) is 18.2. The molecule has 1 amide bonds. The molecule has 1 aliphatic heterocycles. The fraction of sp³-hybridized carbons (Fsp3) is 0.400. The number of nitrogens with one attached hydrogen (secondary N) is 2. The Labute approximate surface area is 153 Å². The molecule has 2 N–H and O–H groups in total. The van der Waals surface area contributed by atoms with Crippen LogP contribution in [0.15, 0.2) is 42.7 Å². The van der Waals surface area contributed by atoms with Gasteiger partial charge in [0.2, 0.25) is 0 Å². The van der Waals surface area contributed by atoms with Crippen LogP contribution in [-0.4, -0.2) is 36.6 Å². The molecule has 0 radical (unpaired) electrons. The van der Waals surface area contributed by atoms with E-state index in [1.165, 1.54) is 0 Å². The third kappa shape index (κ3) is 4.95. The molecule has 0 bridgehead atoms. The Morgan fingerprint density at radius 1 is 1.23 bits per heavy atom. The summed E-state index contributed by atoms with van der Waals surface area (Å²) >= 11 is 0. The quantitative estimate of drug-likeness (QED) is 0.799. The molecule has 1 aromatic carbocycles. The number of ether oxygens (including phenoxy) is 2. The van der Waals surface area contributed by atoms with Gasteiger partial charge in [0, 0.05) is 29.6 Å². The summed E-state index contributed by atoms with van der Waals surface area (Å²) < 4.78 is 11.5. The predicted molar refractivity (Wildman–Crippen MR) is 99.5 cm³/mol. The molecule has 0 unspecified atom stereocenters. The largest absolute Gasteiger partial charge is 0.490 e. The van der Waals surface area contributed by atoms with E-state index >= 15 is 0 Å². The van der Waals surface area contributed by atoms with Crippen LogP contribution in [0, 0.1) is 0 Å². The van der Waals surface area contributed by atoms with Crippen molar-refractivity contribution in [3.05, 3.63) is 53.9 Å². The first kappa shape index (κ1) is 18.2. The standard InChI is InChI=1S/C20H25N3O3/c1-2-25-19-12-16(20(24)23-17-7-10-21-11-8-17)5-6-18(19)26-14-15-4-3-9-22-13-15/h3-6,9,12-13,17,21H,2,7-8,10-11,14H2,1H3,(H,23,24). The zero-order valence-electron chi connectivity index (χ0n) is 15.0. The van der Waals surface area contributed by atoms with E-state index in [1.54, 1.807) is 30.6 Å². The first-order valence-corrected chi connectivity index (χ1v) is 9.06.